The highest BCUT2D eigenvalue weighted by Gasteiger charge is 2.10. The summed E-state index contributed by atoms with van der Waals surface area (Å²) in [5, 5.41) is 0. The summed E-state index contributed by atoms with van der Waals surface area (Å²) in [5.41, 5.74) is 1.21. The Kier molecular flexibility index (Phi) is 3.09. The Morgan fingerprint density at radius 1 is 1.29 bits per heavy atom. The van der Waals surface area contributed by atoms with Crippen LogP contribution in [0.3, 0.4) is 0 Å². The van der Waals surface area contributed by atoms with Gasteiger partial charge < -0.3 is 14.5 Å². The third-order valence-electron chi connectivity index (χ3n) is 2.39. The van der Waals surface area contributed by atoms with Crippen molar-refractivity contribution in [3.8, 4) is 22.9 Å². The van der Waals surface area contributed by atoms with Crippen molar-refractivity contribution in [2.75, 3.05) is 14.2 Å². The molecule has 2 aromatic rings. The van der Waals surface area contributed by atoms with E-state index in [1.165, 1.54) is 6.20 Å². The first kappa shape index (κ1) is 11.2. The molecule has 0 fully saturated rings. The third-order valence-corrected chi connectivity index (χ3v) is 2.39. The van der Waals surface area contributed by atoms with Gasteiger partial charge in [0.25, 0.3) is 0 Å². The molecular formula is C12H12N2O3. The van der Waals surface area contributed by atoms with Gasteiger partial charge in [0.15, 0.2) is 6.29 Å². The lowest BCUT2D eigenvalue weighted by atomic mass is 10.2. The van der Waals surface area contributed by atoms with E-state index in [4.69, 9.17) is 9.47 Å². The number of hydrogen-bond donors (Lipinski definition) is 1. The molecule has 1 N–H and O–H groups in total. The van der Waals surface area contributed by atoms with E-state index in [9.17, 15) is 4.79 Å². The van der Waals surface area contributed by atoms with Crippen LogP contribution in [0.4, 0.5) is 0 Å². The van der Waals surface area contributed by atoms with Gasteiger partial charge in [-0.3, -0.25) is 4.79 Å². The average molecular weight is 232 g/mol. The second-order valence-electron chi connectivity index (χ2n) is 3.37. The molecular weight excluding hydrogens is 220 g/mol. The molecule has 0 saturated carbocycles. The number of rotatable bonds is 4. The molecule has 5 heteroatoms. The maximum absolute atomic E-state index is 10.6. The van der Waals surface area contributed by atoms with Crippen LogP contribution in [0.1, 0.15) is 10.5 Å². The summed E-state index contributed by atoms with van der Waals surface area (Å²) >= 11 is 0. The lowest BCUT2D eigenvalue weighted by molar-refractivity contribution is 0.111. The summed E-state index contributed by atoms with van der Waals surface area (Å²) in [6, 6.07) is 5.39. The molecule has 2 rings (SSSR count). The molecule has 0 aliphatic rings. The Balaban J connectivity index is 2.46. The van der Waals surface area contributed by atoms with Gasteiger partial charge in [0, 0.05) is 6.07 Å². The van der Waals surface area contributed by atoms with Crippen LogP contribution in [-0.2, 0) is 0 Å². The first-order valence-electron chi connectivity index (χ1n) is 5.01. The van der Waals surface area contributed by atoms with Crippen molar-refractivity contribution in [2.45, 2.75) is 0 Å². The second-order valence-corrected chi connectivity index (χ2v) is 3.37. The van der Waals surface area contributed by atoms with Gasteiger partial charge in [-0.1, -0.05) is 0 Å². The van der Waals surface area contributed by atoms with E-state index in [0.717, 1.165) is 5.56 Å². The summed E-state index contributed by atoms with van der Waals surface area (Å²) in [4.78, 5) is 17.6. The Labute approximate surface area is 98.4 Å². The van der Waals surface area contributed by atoms with Crippen LogP contribution in [0, 0.1) is 0 Å². The average Bonchev–Trinajstić information content (AvgIpc) is 2.86. The topological polar surface area (TPSA) is 64.2 Å². The number of hydrogen-bond acceptors (Lipinski definition) is 4. The first-order valence-corrected chi connectivity index (χ1v) is 5.01. The SMILES string of the molecule is COc1ccc(-c2ncc(C=O)[nH]2)c(OC)c1. The highest BCUT2D eigenvalue weighted by atomic mass is 16.5. The van der Waals surface area contributed by atoms with E-state index in [1.54, 1.807) is 26.4 Å². The zero-order valence-corrected chi connectivity index (χ0v) is 9.56. The maximum atomic E-state index is 10.6. The van der Waals surface area contributed by atoms with E-state index in [2.05, 4.69) is 9.97 Å². The lowest BCUT2D eigenvalue weighted by Crippen LogP contribution is -1.91. The van der Waals surface area contributed by atoms with Crippen molar-refractivity contribution < 1.29 is 14.3 Å². The zero-order chi connectivity index (χ0) is 12.3. The van der Waals surface area contributed by atoms with E-state index in [1.807, 2.05) is 6.07 Å². The molecule has 0 unspecified atom stereocenters. The summed E-state index contributed by atoms with van der Waals surface area (Å²) in [5.74, 6) is 1.93. The van der Waals surface area contributed by atoms with E-state index < -0.39 is 0 Å². The number of H-pyrrole nitrogens is 1. The summed E-state index contributed by atoms with van der Waals surface area (Å²) in [6.07, 6.45) is 2.19. The lowest BCUT2D eigenvalue weighted by Gasteiger charge is -2.08. The Bertz CT molecular complexity index is 534. The van der Waals surface area contributed by atoms with Crippen molar-refractivity contribution >= 4 is 6.29 Å². The van der Waals surface area contributed by atoms with Gasteiger partial charge in [0.05, 0.1) is 31.7 Å². The monoisotopic (exact) mass is 232 g/mol. The largest absolute Gasteiger partial charge is 0.497 e. The van der Waals surface area contributed by atoms with Gasteiger partial charge in [-0.2, -0.15) is 0 Å². The maximum Gasteiger partial charge on any atom is 0.167 e. The van der Waals surface area contributed by atoms with Crippen LogP contribution >= 0.6 is 0 Å². The van der Waals surface area contributed by atoms with E-state index in [0.29, 0.717) is 29.3 Å². The number of aldehydes is 1. The van der Waals surface area contributed by atoms with Crippen LogP contribution in [-0.4, -0.2) is 30.5 Å². The van der Waals surface area contributed by atoms with Gasteiger partial charge in [-0.25, -0.2) is 4.98 Å². The van der Waals surface area contributed by atoms with Crippen molar-refractivity contribution in [2.24, 2.45) is 0 Å². The van der Waals surface area contributed by atoms with Gasteiger partial charge in [0.1, 0.15) is 17.3 Å². The fourth-order valence-electron chi connectivity index (χ4n) is 1.53. The van der Waals surface area contributed by atoms with Crippen molar-refractivity contribution in [3.05, 3.63) is 30.1 Å². The summed E-state index contributed by atoms with van der Waals surface area (Å²) in [7, 11) is 3.16. The second kappa shape index (κ2) is 4.69. The number of aromatic nitrogens is 2. The number of benzene rings is 1. The number of nitrogens with one attached hydrogen (secondary N) is 1. The fourth-order valence-corrected chi connectivity index (χ4v) is 1.53. The van der Waals surface area contributed by atoms with Crippen molar-refractivity contribution in [1.82, 2.24) is 9.97 Å². The molecule has 0 radical (unpaired) electrons. The zero-order valence-electron chi connectivity index (χ0n) is 9.56. The fraction of sp³-hybridized carbons (Fsp3) is 0.167. The standard InChI is InChI=1S/C12H12N2O3/c1-16-9-3-4-10(11(5-9)17-2)12-13-6-8(7-15)14-12/h3-7H,1-2H3,(H,13,14). The molecule has 0 amide bonds. The summed E-state index contributed by atoms with van der Waals surface area (Å²) < 4.78 is 10.4. The first-order chi connectivity index (χ1) is 8.28. The molecule has 17 heavy (non-hydrogen) atoms. The highest BCUT2D eigenvalue weighted by molar-refractivity contribution is 5.74. The number of nitrogens with zero attached hydrogens (tertiary/aromatic N) is 1. The molecule has 0 bridgehead atoms. The van der Waals surface area contributed by atoms with E-state index >= 15 is 0 Å². The number of methoxy groups -OCH3 is 2. The van der Waals surface area contributed by atoms with E-state index in [-0.39, 0.29) is 0 Å². The summed E-state index contributed by atoms with van der Waals surface area (Å²) in [6.45, 7) is 0. The highest BCUT2D eigenvalue weighted by Crippen LogP contribution is 2.31. The Morgan fingerprint density at radius 3 is 2.71 bits per heavy atom. The van der Waals surface area contributed by atoms with Gasteiger partial charge in [-0.15, -0.1) is 0 Å². The predicted octanol–water partition coefficient (Wildman–Crippen LogP) is 1.91. The van der Waals surface area contributed by atoms with Gasteiger partial charge in [-0.05, 0) is 12.1 Å². The molecule has 0 aliphatic carbocycles. The van der Waals surface area contributed by atoms with Crippen molar-refractivity contribution in [1.29, 1.82) is 0 Å². The van der Waals surface area contributed by atoms with Crippen LogP contribution in [0.15, 0.2) is 24.4 Å². The Hall–Kier alpha value is -2.30. The number of aromatic amines is 1. The molecule has 0 saturated heterocycles. The predicted molar refractivity (Wildman–Crippen MR) is 62.5 cm³/mol. The van der Waals surface area contributed by atoms with Crippen LogP contribution in [0.5, 0.6) is 11.5 Å². The minimum atomic E-state index is 0.429. The van der Waals surface area contributed by atoms with Crippen LogP contribution < -0.4 is 9.47 Å². The smallest absolute Gasteiger partial charge is 0.167 e. The molecule has 0 atom stereocenters. The van der Waals surface area contributed by atoms with Gasteiger partial charge >= 0.3 is 0 Å². The number of ether oxygens (including phenoxy) is 2. The quantitative estimate of drug-likeness (QED) is 0.818. The number of carbonyl (C=O) groups excluding carboxylic acids is 1. The number of imidazole rings is 1. The normalized spacial score (nSPS) is 10.0. The van der Waals surface area contributed by atoms with Crippen LogP contribution in [0.25, 0.3) is 11.4 Å². The third kappa shape index (κ3) is 2.13. The molecule has 88 valence electrons. The molecule has 0 spiro atoms. The molecule has 5 nitrogen and oxygen atoms in total. The van der Waals surface area contributed by atoms with Gasteiger partial charge in [0.2, 0.25) is 0 Å². The molecule has 0 aliphatic heterocycles. The number of carbonyl (C=O) groups is 1. The molecule has 1 aromatic heterocycles. The Morgan fingerprint density at radius 2 is 2.12 bits per heavy atom. The van der Waals surface area contributed by atoms with Crippen LogP contribution in [0.2, 0.25) is 0 Å². The molecule has 1 aromatic carbocycles. The minimum absolute atomic E-state index is 0.429. The van der Waals surface area contributed by atoms with Crippen molar-refractivity contribution in [3.63, 3.8) is 0 Å². The molecule has 1 heterocycles. The minimum Gasteiger partial charge on any atom is -0.497 e.